The highest BCUT2D eigenvalue weighted by molar-refractivity contribution is 5.80. The molecule has 0 fully saturated rings. The third-order valence-electron chi connectivity index (χ3n) is 10.8. The molecule has 0 aromatic heterocycles. The molecule has 0 aliphatic rings. The summed E-state index contributed by atoms with van der Waals surface area (Å²) >= 11 is 0. The molecule has 0 rings (SSSR count). The summed E-state index contributed by atoms with van der Waals surface area (Å²) in [5.74, 6) is -0.582. The number of carbonyl (C=O) groups excluding carboxylic acids is 1. The summed E-state index contributed by atoms with van der Waals surface area (Å²) in [6, 6.07) is -0.977. The summed E-state index contributed by atoms with van der Waals surface area (Å²) in [4.78, 5) is 12.5. The maximum atomic E-state index is 12.5. The predicted octanol–water partition coefficient (Wildman–Crippen LogP) is 11.6. The molecule has 0 radical (unpaired) electrons. The monoisotopic (exact) mass is 712 g/mol. The van der Waals surface area contributed by atoms with Gasteiger partial charge in [-0.1, -0.05) is 232 Å². The number of nitrogens with one attached hydrogen (secondary N) is 1. The van der Waals surface area contributed by atoms with Gasteiger partial charge < -0.3 is 25.7 Å². The number of aliphatic hydroxyl groups excluding tert-OH is 4. The minimum absolute atomic E-state index is 0.375. The summed E-state index contributed by atoms with van der Waals surface area (Å²) in [6.07, 6.45) is 41.7. The standard InChI is InChI=1S/C44H89NO5/c1-3-5-7-9-11-13-14-15-16-17-18-19-20-21-22-23-24-25-26-27-28-29-30-32-34-36-38-42(48)44(50)45-40(39-46)43(49)41(47)37-35-33-31-12-10-8-6-4-2/h40-43,46-49H,3-39H2,1-2H3,(H,45,50). The van der Waals surface area contributed by atoms with E-state index in [1.165, 1.54) is 180 Å². The Balaban J connectivity index is 3.55. The van der Waals surface area contributed by atoms with Gasteiger partial charge in [0, 0.05) is 0 Å². The Morgan fingerprint density at radius 1 is 0.420 bits per heavy atom. The van der Waals surface area contributed by atoms with Crippen molar-refractivity contribution in [1.29, 1.82) is 0 Å². The van der Waals surface area contributed by atoms with Gasteiger partial charge in [-0.25, -0.2) is 0 Å². The van der Waals surface area contributed by atoms with Crippen LogP contribution in [-0.2, 0) is 4.79 Å². The molecule has 0 aliphatic carbocycles. The number of unbranched alkanes of at least 4 members (excludes halogenated alkanes) is 32. The lowest BCUT2D eigenvalue weighted by molar-refractivity contribution is -0.132. The highest BCUT2D eigenvalue weighted by atomic mass is 16.3. The van der Waals surface area contributed by atoms with E-state index in [-0.39, 0.29) is 0 Å². The van der Waals surface area contributed by atoms with E-state index in [2.05, 4.69) is 19.2 Å². The van der Waals surface area contributed by atoms with Crippen molar-refractivity contribution in [3.63, 3.8) is 0 Å². The average molecular weight is 712 g/mol. The smallest absolute Gasteiger partial charge is 0.249 e. The molecule has 0 aromatic rings. The predicted molar refractivity (Wildman–Crippen MR) is 215 cm³/mol. The number of hydrogen-bond acceptors (Lipinski definition) is 5. The second kappa shape index (κ2) is 39.5. The van der Waals surface area contributed by atoms with Crippen LogP contribution in [0.3, 0.4) is 0 Å². The first-order valence-corrected chi connectivity index (χ1v) is 22.4. The van der Waals surface area contributed by atoms with E-state index in [1.54, 1.807) is 0 Å². The van der Waals surface area contributed by atoms with Crippen LogP contribution in [0, 0.1) is 0 Å². The molecule has 0 heterocycles. The molecule has 4 unspecified atom stereocenters. The Bertz CT molecular complexity index is 677. The van der Waals surface area contributed by atoms with Gasteiger partial charge in [-0.2, -0.15) is 0 Å². The van der Waals surface area contributed by atoms with Crippen molar-refractivity contribution >= 4 is 5.91 Å². The van der Waals surface area contributed by atoms with Crippen LogP contribution in [0.15, 0.2) is 0 Å². The van der Waals surface area contributed by atoms with Crippen LogP contribution >= 0.6 is 0 Å². The lowest BCUT2D eigenvalue weighted by Crippen LogP contribution is -2.53. The zero-order valence-corrected chi connectivity index (χ0v) is 33.7. The lowest BCUT2D eigenvalue weighted by Gasteiger charge is -2.27. The molecule has 1 amide bonds. The third-order valence-corrected chi connectivity index (χ3v) is 10.8. The zero-order chi connectivity index (χ0) is 36.8. The van der Waals surface area contributed by atoms with Crippen LogP contribution < -0.4 is 5.32 Å². The van der Waals surface area contributed by atoms with Gasteiger partial charge in [0.05, 0.1) is 18.8 Å². The maximum absolute atomic E-state index is 12.5. The fourth-order valence-corrected chi connectivity index (χ4v) is 7.23. The Morgan fingerprint density at radius 3 is 0.960 bits per heavy atom. The molecular weight excluding hydrogens is 622 g/mol. The molecule has 0 saturated heterocycles. The van der Waals surface area contributed by atoms with Gasteiger partial charge in [-0.15, -0.1) is 0 Å². The van der Waals surface area contributed by atoms with E-state index in [9.17, 15) is 25.2 Å². The van der Waals surface area contributed by atoms with E-state index < -0.39 is 36.9 Å². The van der Waals surface area contributed by atoms with Crippen LogP contribution in [0.4, 0.5) is 0 Å². The highest BCUT2D eigenvalue weighted by Crippen LogP contribution is 2.17. The van der Waals surface area contributed by atoms with E-state index >= 15 is 0 Å². The van der Waals surface area contributed by atoms with Crippen molar-refractivity contribution in [1.82, 2.24) is 5.32 Å². The normalized spacial score (nSPS) is 14.1. The number of rotatable bonds is 41. The minimum Gasteiger partial charge on any atom is -0.394 e. The first-order valence-electron chi connectivity index (χ1n) is 22.4. The average Bonchev–Trinajstić information content (AvgIpc) is 3.12. The lowest BCUT2D eigenvalue weighted by atomic mass is 9.99. The molecule has 0 saturated carbocycles. The number of hydrogen-bond donors (Lipinski definition) is 5. The fraction of sp³-hybridized carbons (Fsp3) is 0.977. The van der Waals surface area contributed by atoms with Gasteiger partial charge in [-0.05, 0) is 12.8 Å². The van der Waals surface area contributed by atoms with E-state index in [4.69, 9.17) is 0 Å². The molecule has 6 heteroatoms. The van der Waals surface area contributed by atoms with E-state index in [0.717, 1.165) is 38.5 Å². The minimum atomic E-state index is -1.25. The van der Waals surface area contributed by atoms with Crippen molar-refractivity contribution in [3.05, 3.63) is 0 Å². The molecule has 0 spiro atoms. The quantitative estimate of drug-likeness (QED) is 0.0406. The van der Waals surface area contributed by atoms with Crippen LogP contribution in [0.25, 0.3) is 0 Å². The summed E-state index contributed by atoms with van der Waals surface area (Å²) in [5.41, 5.74) is 0. The van der Waals surface area contributed by atoms with Gasteiger partial charge in [0.1, 0.15) is 12.2 Å². The van der Waals surface area contributed by atoms with Gasteiger partial charge in [0.15, 0.2) is 0 Å². The number of amides is 1. The summed E-state index contributed by atoms with van der Waals surface area (Å²) < 4.78 is 0. The van der Waals surface area contributed by atoms with Crippen molar-refractivity contribution in [2.75, 3.05) is 6.61 Å². The molecule has 300 valence electrons. The summed E-state index contributed by atoms with van der Waals surface area (Å²) in [5, 5.41) is 43.4. The highest BCUT2D eigenvalue weighted by Gasteiger charge is 2.28. The molecule has 0 aromatic carbocycles. The van der Waals surface area contributed by atoms with Crippen molar-refractivity contribution in [2.24, 2.45) is 0 Å². The van der Waals surface area contributed by atoms with Crippen LogP contribution in [0.1, 0.15) is 245 Å². The van der Waals surface area contributed by atoms with Crippen molar-refractivity contribution in [3.8, 4) is 0 Å². The third kappa shape index (κ3) is 33.2. The second-order valence-corrected chi connectivity index (χ2v) is 15.8. The number of carbonyl (C=O) groups is 1. The summed E-state index contributed by atoms with van der Waals surface area (Å²) in [6.45, 7) is 4.02. The van der Waals surface area contributed by atoms with E-state index in [0.29, 0.717) is 12.8 Å². The molecule has 4 atom stereocenters. The Morgan fingerprint density at radius 2 is 0.680 bits per heavy atom. The van der Waals surface area contributed by atoms with Crippen LogP contribution in [0.2, 0.25) is 0 Å². The maximum Gasteiger partial charge on any atom is 0.249 e. The number of aliphatic hydroxyl groups is 4. The van der Waals surface area contributed by atoms with Crippen molar-refractivity contribution in [2.45, 2.75) is 269 Å². The Kier molecular flexibility index (Phi) is 39.0. The van der Waals surface area contributed by atoms with Gasteiger partial charge in [0.2, 0.25) is 5.91 Å². The van der Waals surface area contributed by atoms with E-state index in [1.807, 2.05) is 0 Å². The first-order chi connectivity index (χ1) is 24.5. The largest absolute Gasteiger partial charge is 0.394 e. The van der Waals surface area contributed by atoms with Gasteiger partial charge >= 0.3 is 0 Å². The fourth-order valence-electron chi connectivity index (χ4n) is 7.23. The molecule has 0 aliphatic heterocycles. The molecule has 6 nitrogen and oxygen atoms in total. The van der Waals surface area contributed by atoms with Gasteiger partial charge in [-0.3, -0.25) is 4.79 Å². The zero-order valence-electron chi connectivity index (χ0n) is 33.7. The van der Waals surface area contributed by atoms with Crippen LogP contribution in [-0.4, -0.2) is 57.3 Å². The first kappa shape index (κ1) is 49.3. The SMILES string of the molecule is CCCCCCCCCCCCCCCCCCCCCCCCCCCCC(O)C(=O)NC(CO)C(O)C(O)CCCCCCCCCC. The second-order valence-electron chi connectivity index (χ2n) is 15.8. The van der Waals surface area contributed by atoms with Gasteiger partial charge in [0.25, 0.3) is 0 Å². The molecule has 50 heavy (non-hydrogen) atoms. The summed E-state index contributed by atoms with van der Waals surface area (Å²) in [7, 11) is 0. The Hall–Kier alpha value is -0.690. The van der Waals surface area contributed by atoms with Crippen molar-refractivity contribution < 1.29 is 25.2 Å². The Labute approximate surface area is 311 Å². The molecule has 5 N–H and O–H groups in total. The van der Waals surface area contributed by atoms with Crippen LogP contribution in [0.5, 0.6) is 0 Å². The topological polar surface area (TPSA) is 110 Å². The molecule has 0 bridgehead atoms. The molecular formula is C44H89NO5.